The van der Waals surface area contributed by atoms with Gasteiger partial charge < -0.3 is 15.5 Å². The van der Waals surface area contributed by atoms with Gasteiger partial charge in [-0.3, -0.25) is 9.59 Å². The van der Waals surface area contributed by atoms with Gasteiger partial charge in [0.05, 0.1) is 0 Å². The molecule has 2 atom stereocenters. The summed E-state index contributed by atoms with van der Waals surface area (Å²) in [4.78, 5) is 27.3. The maximum Gasteiger partial charge on any atom is 0.256 e. The topological polar surface area (TPSA) is 61.4 Å². The van der Waals surface area contributed by atoms with E-state index in [9.17, 15) is 9.59 Å². The van der Waals surface area contributed by atoms with Crippen molar-refractivity contribution in [3.8, 4) is 0 Å². The minimum Gasteiger partial charge on any atom is -0.361 e. The van der Waals surface area contributed by atoms with Gasteiger partial charge in [-0.15, -0.1) is 0 Å². The lowest BCUT2D eigenvalue weighted by atomic mass is 10.1. The van der Waals surface area contributed by atoms with E-state index in [1.807, 2.05) is 60.4 Å². The average molecular weight is 408 g/mol. The lowest BCUT2D eigenvalue weighted by Gasteiger charge is -2.28. The van der Waals surface area contributed by atoms with E-state index >= 15 is 0 Å². The van der Waals surface area contributed by atoms with E-state index in [1.54, 1.807) is 0 Å². The SMILES string of the molecule is CC(C)CCN1C(=O)c2ccccc2C1Nc1ccc(C(=O)NC(C)C(C)C)cc1. The maximum absolute atomic E-state index is 12.9. The fourth-order valence-electron chi connectivity index (χ4n) is 3.49. The summed E-state index contributed by atoms with van der Waals surface area (Å²) in [5.74, 6) is 0.907. The standard InChI is InChI=1S/C25H33N3O2/c1-16(2)14-15-28-23(21-8-6-7-9-22(21)25(28)30)27-20-12-10-19(11-13-20)24(29)26-18(5)17(3)4/h6-13,16-18,23,27H,14-15H2,1-5H3,(H,26,29). The molecule has 1 aliphatic heterocycles. The Morgan fingerprint density at radius 3 is 2.30 bits per heavy atom. The third-order valence-corrected chi connectivity index (χ3v) is 5.81. The summed E-state index contributed by atoms with van der Waals surface area (Å²) < 4.78 is 0. The molecule has 30 heavy (non-hydrogen) atoms. The maximum atomic E-state index is 12.9. The van der Waals surface area contributed by atoms with Crippen LogP contribution in [0.25, 0.3) is 0 Å². The van der Waals surface area contributed by atoms with Crippen molar-refractivity contribution in [2.24, 2.45) is 11.8 Å². The Bertz CT molecular complexity index is 890. The Labute approximate surface area is 179 Å². The number of carbonyl (C=O) groups is 2. The highest BCUT2D eigenvalue weighted by molar-refractivity contribution is 5.99. The van der Waals surface area contributed by atoms with Crippen LogP contribution in [0.3, 0.4) is 0 Å². The molecule has 2 unspecified atom stereocenters. The monoisotopic (exact) mass is 407 g/mol. The number of hydrogen-bond acceptors (Lipinski definition) is 3. The van der Waals surface area contributed by atoms with Crippen LogP contribution in [0.4, 0.5) is 5.69 Å². The lowest BCUT2D eigenvalue weighted by molar-refractivity contribution is 0.0734. The molecular weight excluding hydrogens is 374 g/mol. The first-order chi connectivity index (χ1) is 14.3. The molecule has 5 nitrogen and oxygen atoms in total. The van der Waals surface area contributed by atoms with Crippen molar-refractivity contribution in [1.29, 1.82) is 0 Å². The normalized spacial score (nSPS) is 16.7. The van der Waals surface area contributed by atoms with Crippen molar-refractivity contribution in [2.75, 3.05) is 11.9 Å². The van der Waals surface area contributed by atoms with Crippen LogP contribution in [0, 0.1) is 11.8 Å². The summed E-state index contributed by atoms with van der Waals surface area (Å²) in [7, 11) is 0. The zero-order valence-electron chi connectivity index (χ0n) is 18.6. The van der Waals surface area contributed by atoms with Crippen molar-refractivity contribution in [3.05, 3.63) is 65.2 Å². The van der Waals surface area contributed by atoms with Crippen LogP contribution in [0.2, 0.25) is 0 Å². The van der Waals surface area contributed by atoms with Crippen LogP contribution in [0.5, 0.6) is 0 Å². The van der Waals surface area contributed by atoms with E-state index in [0.717, 1.165) is 23.2 Å². The highest BCUT2D eigenvalue weighted by Crippen LogP contribution is 2.34. The molecule has 160 valence electrons. The van der Waals surface area contributed by atoms with Crippen LogP contribution < -0.4 is 10.6 Å². The second-order valence-electron chi connectivity index (χ2n) is 8.90. The van der Waals surface area contributed by atoms with E-state index < -0.39 is 0 Å². The summed E-state index contributed by atoms with van der Waals surface area (Å²) >= 11 is 0. The smallest absolute Gasteiger partial charge is 0.256 e. The first-order valence-corrected chi connectivity index (χ1v) is 10.8. The van der Waals surface area contributed by atoms with Gasteiger partial charge in [0, 0.05) is 35.0 Å². The number of anilines is 1. The Kier molecular flexibility index (Phi) is 6.80. The van der Waals surface area contributed by atoms with E-state index in [-0.39, 0.29) is 24.0 Å². The van der Waals surface area contributed by atoms with Gasteiger partial charge in [0.15, 0.2) is 0 Å². The molecule has 2 N–H and O–H groups in total. The first-order valence-electron chi connectivity index (χ1n) is 10.8. The predicted molar refractivity (Wildman–Crippen MR) is 122 cm³/mol. The summed E-state index contributed by atoms with van der Waals surface area (Å²) in [6.07, 6.45) is 0.749. The molecule has 0 aromatic heterocycles. The van der Waals surface area contributed by atoms with Gasteiger partial charge in [-0.2, -0.15) is 0 Å². The van der Waals surface area contributed by atoms with Gasteiger partial charge in [-0.1, -0.05) is 45.9 Å². The van der Waals surface area contributed by atoms with Crippen LogP contribution in [0.1, 0.15) is 73.5 Å². The van der Waals surface area contributed by atoms with Crippen LogP contribution in [-0.2, 0) is 0 Å². The molecule has 1 heterocycles. The molecule has 0 bridgehead atoms. The highest BCUT2D eigenvalue weighted by atomic mass is 16.2. The molecule has 0 fully saturated rings. The number of nitrogens with one attached hydrogen (secondary N) is 2. The number of rotatable bonds is 8. The van der Waals surface area contributed by atoms with Gasteiger partial charge in [0.1, 0.15) is 6.17 Å². The Morgan fingerprint density at radius 2 is 1.67 bits per heavy atom. The molecule has 3 rings (SSSR count). The zero-order valence-corrected chi connectivity index (χ0v) is 18.6. The Balaban J connectivity index is 1.76. The number of benzene rings is 2. The van der Waals surface area contributed by atoms with Crippen molar-refractivity contribution in [1.82, 2.24) is 10.2 Å². The second kappa shape index (κ2) is 9.33. The number of fused-ring (bicyclic) bond motifs is 1. The van der Waals surface area contributed by atoms with Crippen molar-refractivity contribution >= 4 is 17.5 Å². The van der Waals surface area contributed by atoms with Gasteiger partial charge in [-0.25, -0.2) is 0 Å². The van der Waals surface area contributed by atoms with Crippen LogP contribution in [0.15, 0.2) is 48.5 Å². The number of amides is 2. The van der Waals surface area contributed by atoms with Gasteiger partial charge >= 0.3 is 0 Å². The quantitative estimate of drug-likeness (QED) is 0.642. The van der Waals surface area contributed by atoms with Crippen molar-refractivity contribution in [2.45, 2.75) is 53.2 Å². The van der Waals surface area contributed by atoms with E-state index in [0.29, 0.717) is 23.9 Å². The van der Waals surface area contributed by atoms with Crippen molar-refractivity contribution in [3.63, 3.8) is 0 Å². The summed E-state index contributed by atoms with van der Waals surface area (Å²) in [5.41, 5.74) is 3.27. The second-order valence-corrected chi connectivity index (χ2v) is 8.90. The molecular formula is C25H33N3O2. The molecule has 0 spiro atoms. The lowest BCUT2D eigenvalue weighted by Crippen LogP contribution is -2.36. The third kappa shape index (κ3) is 4.84. The molecule has 5 heteroatoms. The highest BCUT2D eigenvalue weighted by Gasteiger charge is 2.36. The molecule has 0 saturated carbocycles. The molecule has 2 aromatic rings. The molecule has 2 aromatic carbocycles. The predicted octanol–water partition coefficient (Wildman–Crippen LogP) is 5.07. The summed E-state index contributed by atoms with van der Waals surface area (Å²) in [6.45, 7) is 11.2. The number of hydrogen-bond donors (Lipinski definition) is 2. The molecule has 2 amide bonds. The average Bonchev–Trinajstić information content (AvgIpc) is 2.98. The summed E-state index contributed by atoms with van der Waals surface area (Å²) in [6, 6.07) is 15.4. The largest absolute Gasteiger partial charge is 0.361 e. The van der Waals surface area contributed by atoms with Gasteiger partial charge in [-0.05, 0) is 55.5 Å². The summed E-state index contributed by atoms with van der Waals surface area (Å²) in [5, 5.41) is 6.53. The zero-order chi connectivity index (χ0) is 21.8. The fraction of sp³-hybridized carbons (Fsp3) is 0.440. The fourth-order valence-corrected chi connectivity index (χ4v) is 3.49. The third-order valence-electron chi connectivity index (χ3n) is 5.81. The van der Waals surface area contributed by atoms with Crippen LogP contribution >= 0.6 is 0 Å². The minimum atomic E-state index is -0.201. The molecule has 0 saturated heterocycles. The van der Waals surface area contributed by atoms with E-state index in [1.165, 1.54) is 0 Å². The molecule has 0 radical (unpaired) electrons. The van der Waals surface area contributed by atoms with Crippen molar-refractivity contribution < 1.29 is 9.59 Å². The van der Waals surface area contributed by atoms with Gasteiger partial charge in [0.2, 0.25) is 0 Å². The number of carbonyl (C=O) groups excluding carboxylic acids is 2. The van der Waals surface area contributed by atoms with E-state index in [4.69, 9.17) is 0 Å². The molecule has 0 aliphatic carbocycles. The van der Waals surface area contributed by atoms with Gasteiger partial charge in [0.25, 0.3) is 11.8 Å². The Morgan fingerprint density at radius 1 is 1.00 bits per heavy atom. The molecule has 1 aliphatic rings. The minimum absolute atomic E-state index is 0.0669. The Hall–Kier alpha value is -2.82. The van der Waals surface area contributed by atoms with E-state index in [2.05, 4.69) is 38.3 Å². The first kappa shape index (κ1) is 21.9. The van der Waals surface area contributed by atoms with Crippen LogP contribution in [-0.4, -0.2) is 29.3 Å². The number of nitrogens with zero attached hydrogens (tertiary/aromatic N) is 1.